The van der Waals surface area contributed by atoms with Crippen LogP contribution < -0.4 is 0 Å². The van der Waals surface area contributed by atoms with Gasteiger partial charge in [0.15, 0.2) is 0 Å². The molecule has 0 radical (unpaired) electrons. The van der Waals surface area contributed by atoms with Gasteiger partial charge in [-0.05, 0) is 20.3 Å². The average molecular weight is 314 g/mol. The van der Waals surface area contributed by atoms with E-state index in [9.17, 15) is 22.4 Å². The van der Waals surface area contributed by atoms with E-state index >= 15 is 0 Å². The monoisotopic (exact) mass is 314 g/mol. The summed E-state index contributed by atoms with van der Waals surface area (Å²) >= 11 is 0. The lowest BCUT2D eigenvalue weighted by atomic mass is 9.96. The van der Waals surface area contributed by atoms with Gasteiger partial charge in [-0.3, -0.25) is 0 Å². The van der Waals surface area contributed by atoms with Gasteiger partial charge in [-0.1, -0.05) is 45.4 Å². The smallest absolute Gasteiger partial charge is 0.433 e. The fourth-order valence-corrected chi connectivity index (χ4v) is 1.99. The normalized spacial score (nSPS) is 15.0. The van der Waals surface area contributed by atoms with Crippen molar-refractivity contribution in [3.05, 3.63) is 0 Å². The summed E-state index contributed by atoms with van der Waals surface area (Å²) in [6.07, 6.45) is -1.47. The molecule has 0 bridgehead atoms. The molecule has 0 spiro atoms. The van der Waals surface area contributed by atoms with Crippen molar-refractivity contribution in [1.82, 2.24) is 0 Å². The zero-order valence-corrected chi connectivity index (χ0v) is 13.1. The molecule has 0 aliphatic rings. The lowest BCUT2D eigenvalue weighted by Crippen LogP contribution is -2.49. The van der Waals surface area contributed by atoms with E-state index in [0.29, 0.717) is 6.42 Å². The predicted octanol–water partition coefficient (Wildman–Crippen LogP) is 5.35. The first-order chi connectivity index (χ1) is 9.65. The first-order valence-corrected chi connectivity index (χ1v) is 7.62. The van der Waals surface area contributed by atoms with Crippen molar-refractivity contribution < 1.29 is 27.1 Å². The molecular weight excluding hydrogens is 288 g/mol. The number of carbonyl (C=O) groups is 1. The van der Waals surface area contributed by atoms with Crippen molar-refractivity contribution in [1.29, 1.82) is 0 Å². The number of hydrogen-bond acceptors (Lipinski definition) is 2. The Bertz CT molecular complexity index is 303. The van der Waals surface area contributed by atoms with Gasteiger partial charge in [0, 0.05) is 6.42 Å². The second-order valence-electron chi connectivity index (χ2n) is 5.62. The van der Waals surface area contributed by atoms with Gasteiger partial charge in [0.05, 0.1) is 6.10 Å². The Hall–Kier alpha value is -0.810. The summed E-state index contributed by atoms with van der Waals surface area (Å²) < 4.78 is 56.9. The maximum atomic E-state index is 14.1. The molecule has 1 unspecified atom stereocenters. The lowest BCUT2D eigenvalue weighted by Gasteiger charge is -2.26. The Balaban J connectivity index is 4.35. The van der Waals surface area contributed by atoms with Crippen LogP contribution in [-0.2, 0) is 9.53 Å². The average Bonchev–Trinajstić information content (AvgIpc) is 2.35. The Morgan fingerprint density at radius 2 is 1.43 bits per heavy atom. The highest BCUT2D eigenvalue weighted by Crippen LogP contribution is 2.39. The molecule has 0 saturated heterocycles. The molecule has 0 rings (SSSR count). The predicted molar refractivity (Wildman–Crippen MR) is 73.7 cm³/mol. The summed E-state index contributed by atoms with van der Waals surface area (Å²) in [4.78, 5) is 11.4. The molecule has 2 nitrogen and oxygen atoms in total. The van der Waals surface area contributed by atoms with Crippen LogP contribution >= 0.6 is 0 Å². The summed E-state index contributed by atoms with van der Waals surface area (Å²) in [5, 5.41) is 0. The second kappa shape index (κ2) is 9.26. The molecule has 6 heteroatoms. The number of esters is 1. The molecule has 0 N–H and O–H groups in total. The van der Waals surface area contributed by atoms with Gasteiger partial charge in [-0.15, -0.1) is 0 Å². The van der Waals surface area contributed by atoms with Gasteiger partial charge < -0.3 is 4.74 Å². The number of ether oxygens (including phenoxy) is 1. The minimum Gasteiger partial charge on any atom is -0.460 e. The molecule has 126 valence electrons. The number of rotatable bonds is 10. The SMILES string of the molecule is CCCCCCCCCC(F)(C(=O)OC(C)C)C(F)(F)F. The summed E-state index contributed by atoms with van der Waals surface area (Å²) in [7, 11) is 0. The van der Waals surface area contributed by atoms with Crippen LogP contribution in [0.4, 0.5) is 17.6 Å². The summed E-state index contributed by atoms with van der Waals surface area (Å²) in [6, 6.07) is 0. The topological polar surface area (TPSA) is 26.3 Å². The zero-order chi connectivity index (χ0) is 16.5. The van der Waals surface area contributed by atoms with Gasteiger partial charge in [0.2, 0.25) is 0 Å². The first-order valence-electron chi connectivity index (χ1n) is 7.62. The van der Waals surface area contributed by atoms with E-state index in [-0.39, 0.29) is 6.42 Å². The molecule has 0 aliphatic heterocycles. The van der Waals surface area contributed by atoms with Crippen LogP contribution in [0.15, 0.2) is 0 Å². The number of carbonyl (C=O) groups excluding carboxylic acids is 1. The van der Waals surface area contributed by atoms with Gasteiger partial charge in [-0.2, -0.15) is 13.2 Å². The molecule has 0 aromatic carbocycles. The fraction of sp³-hybridized carbons (Fsp3) is 0.933. The van der Waals surface area contributed by atoms with Crippen molar-refractivity contribution in [2.75, 3.05) is 0 Å². The largest absolute Gasteiger partial charge is 0.460 e. The number of halogens is 4. The third-order valence-electron chi connectivity index (χ3n) is 3.24. The van der Waals surface area contributed by atoms with Crippen LogP contribution in [0, 0.1) is 0 Å². The second-order valence-corrected chi connectivity index (χ2v) is 5.62. The van der Waals surface area contributed by atoms with E-state index in [0.717, 1.165) is 32.1 Å². The molecule has 21 heavy (non-hydrogen) atoms. The summed E-state index contributed by atoms with van der Waals surface area (Å²) in [5.74, 6) is -1.82. The van der Waals surface area contributed by atoms with Crippen molar-refractivity contribution >= 4 is 5.97 Å². The van der Waals surface area contributed by atoms with E-state index in [1.54, 1.807) is 0 Å². The molecule has 0 amide bonds. The Morgan fingerprint density at radius 3 is 1.86 bits per heavy atom. The Labute approximate surface area is 124 Å². The van der Waals surface area contributed by atoms with Crippen molar-refractivity contribution in [2.24, 2.45) is 0 Å². The van der Waals surface area contributed by atoms with Gasteiger partial charge >= 0.3 is 17.8 Å². The highest BCUT2D eigenvalue weighted by Gasteiger charge is 2.62. The van der Waals surface area contributed by atoms with Gasteiger partial charge in [0.1, 0.15) is 0 Å². The highest BCUT2D eigenvalue weighted by atomic mass is 19.4. The first kappa shape index (κ1) is 20.2. The highest BCUT2D eigenvalue weighted by molar-refractivity contribution is 5.80. The van der Waals surface area contributed by atoms with E-state index in [1.165, 1.54) is 13.8 Å². The third-order valence-corrected chi connectivity index (χ3v) is 3.24. The number of alkyl halides is 4. The number of hydrogen-bond donors (Lipinski definition) is 0. The molecule has 0 heterocycles. The van der Waals surface area contributed by atoms with Gasteiger partial charge in [-0.25, -0.2) is 9.18 Å². The van der Waals surface area contributed by atoms with Crippen LogP contribution in [0.25, 0.3) is 0 Å². The quantitative estimate of drug-likeness (QED) is 0.309. The van der Waals surface area contributed by atoms with Crippen molar-refractivity contribution in [3.8, 4) is 0 Å². The summed E-state index contributed by atoms with van der Waals surface area (Å²) in [5.41, 5.74) is -3.89. The Morgan fingerprint density at radius 1 is 0.952 bits per heavy atom. The lowest BCUT2D eigenvalue weighted by molar-refractivity contribution is -0.242. The molecule has 0 saturated carbocycles. The van der Waals surface area contributed by atoms with E-state index in [1.807, 2.05) is 0 Å². The molecular formula is C15H26F4O2. The Kier molecular flexibility index (Phi) is 8.90. The van der Waals surface area contributed by atoms with Crippen LogP contribution in [0.1, 0.15) is 72.1 Å². The maximum Gasteiger partial charge on any atom is 0.433 e. The molecule has 0 aromatic heterocycles. The molecule has 0 aliphatic carbocycles. The number of unbranched alkanes of at least 4 members (excludes halogenated alkanes) is 6. The fourth-order valence-electron chi connectivity index (χ4n) is 1.99. The molecule has 1 atom stereocenters. The van der Waals surface area contributed by atoms with Crippen molar-refractivity contribution in [2.45, 2.75) is 90.1 Å². The standard InChI is InChI=1S/C15H26F4O2/c1-4-5-6-7-8-9-10-11-14(16,15(17,18)19)13(20)21-12(2)3/h12H,4-11H2,1-3H3. The van der Waals surface area contributed by atoms with Crippen LogP contribution in [0.5, 0.6) is 0 Å². The minimum atomic E-state index is -5.23. The zero-order valence-electron chi connectivity index (χ0n) is 13.1. The minimum absolute atomic E-state index is 0.0231. The van der Waals surface area contributed by atoms with E-state index in [2.05, 4.69) is 11.7 Å². The third kappa shape index (κ3) is 7.14. The van der Waals surface area contributed by atoms with Crippen LogP contribution in [-0.4, -0.2) is 23.9 Å². The molecule has 0 fully saturated rings. The van der Waals surface area contributed by atoms with Crippen LogP contribution in [0.3, 0.4) is 0 Å². The summed E-state index contributed by atoms with van der Waals surface area (Å²) in [6.45, 7) is 4.85. The van der Waals surface area contributed by atoms with E-state index in [4.69, 9.17) is 0 Å². The van der Waals surface area contributed by atoms with E-state index < -0.39 is 30.3 Å². The van der Waals surface area contributed by atoms with Gasteiger partial charge in [0.25, 0.3) is 0 Å². The van der Waals surface area contributed by atoms with Crippen LogP contribution in [0.2, 0.25) is 0 Å². The maximum absolute atomic E-state index is 14.1. The molecule has 0 aromatic rings. The van der Waals surface area contributed by atoms with Crippen molar-refractivity contribution in [3.63, 3.8) is 0 Å².